The van der Waals surface area contributed by atoms with Gasteiger partial charge in [0.1, 0.15) is 0 Å². The highest BCUT2D eigenvalue weighted by molar-refractivity contribution is 7.19. The molecule has 0 fully saturated rings. The molecule has 0 unspecified atom stereocenters. The van der Waals surface area contributed by atoms with Crippen LogP contribution in [0.2, 0.25) is 0 Å². The van der Waals surface area contributed by atoms with Gasteiger partial charge in [0.05, 0.1) is 10.9 Å². The van der Waals surface area contributed by atoms with Crippen LogP contribution in [0.15, 0.2) is 59.5 Å². The van der Waals surface area contributed by atoms with E-state index in [-0.39, 0.29) is 5.56 Å². The Labute approximate surface area is 131 Å². The van der Waals surface area contributed by atoms with Gasteiger partial charge in [0.25, 0.3) is 5.56 Å². The fourth-order valence-electron chi connectivity index (χ4n) is 2.65. The van der Waals surface area contributed by atoms with E-state index in [0.29, 0.717) is 0 Å². The van der Waals surface area contributed by atoms with Crippen LogP contribution in [0.1, 0.15) is 10.6 Å². The molecule has 1 aromatic carbocycles. The summed E-state index contributed by atoms with van der Waals surface area (Å²) in [5, 5.41) is 1.95. The highest BCUT2D eigenvalue weighted by atomic mass is 32.1. The van der Waals surface area contributed by atoms with Crippen molar-refractivity contribution in [2.45, 2.75) is 12.8 Å². The van der Waals surface area contributed by atoms with Gasteiger partial charge in [-0.3, -0.25) is 9.78 Å². The molecule has 0 bridgehead atoms. The van der Waals surface area contributed by atoms with Crippen molar-refractivity contribution in [2.24, 2.45) is 0 Å². The van der Waals surface area contributed by atoms with E-state index in [1.165, 1.54) is 10.3 Å². The zero-order chi connectivity index (χ0) is 14.9. The van der Waals surface area contributed by atoms with Gasteiger partial charge >= 0.3 is 0 Å². The topological polar surface area (TPSA) is 45.8 Å². The van der Waals surface area contributed by atoms with Gasteiger partial charge in [-0.25, -0.2) is 0 Å². The highest BCUT2D eigenvalue weighted by Gasteiger charge is 2.06. The van der Waals surface area contributed by atoms with E-state index >= 15 is 0 Å². The Bertz CT molecular complexity index is 1020. The Kier molecular flexibility index (Phi) is 3.24. The average molecular weight is 306 g/mol. The SMILES string of the molecule is O=c1[nH]ccc2sc(CCc3ccc4ccccc4n3)cc12. The smallest absolute Gasteiger partial charge is 0.256 e. The predicted octanol–water partition coefficient (Wildman–Crippen LogP) is 3.92. The number of aromatic nitrogens is 2. The third-order valence-electron chi connectivity index (χ3n) is 3.79. The number of thiophene rings is 1. The van der Waals surface area contributed by atoms with Gasteiger partial charge in [0.2, 0.25) is 0 Å². The van der Waals surface area contributed by atoms with Crippen LogP contribution < -0.4 is 5.56 Å². The van der Waals surface area contributed by atoms with Crippen LogP contribution in [-0.4, -0.2) is 9.97 Å². The molecule has 4 aromatic rings. The average Bonchev–Trinajstić information content (AvgIpc) is 2.97. The number of aryl methyl sites for hydroxylation is 2. The molecule has 4 heteroatoms. The number of fused-ring (bicyclic) bond motifs is 2. The zero-order valence-corrected chi connectivity index (χ0v) is 12.7. The molecule has 3 nitrogen and oxygen atoms in total. The van der Waals surface area contributed by atoms with E-state index in [2.05, 4.69) is 23.2 Å². The van der Waals surface area contributed by atoms with Crippen molar-refractivity contribution < 1.29 is 0 Å². The molecule has 0 saturated carbocycles. The highest BCUT2D eigenvalue weighted by Crippen LogP contribution is 2.23. The van der Waals surface area contributed by atoms with Gasteiger partial charge in [-0.2, -0.15) is 0 Å². The van der Waals surface area contributed by atoms with Crippen molar-refractivity contribution in [1.82, 2.24) is 9.97 Å². The molecule has 0 aliphatic heterocycles. The Morgan fingerprint density at radius 1 is 1.05 bits per heavy atom. The van der Waals surface area contributed by atoms with Crippen LogP contribution in [0, 0.1) is 0 Å². The fourth-order valence-corrected chi connectivity index (χ4v) is 3.71. The maximum absolute atomic E-state index is 11.8. The van der Waals surface area contributed by atoms with Gasteiger partial charge in [-0.15, -0.1) is 11.3 Å². The lowest BCUT2D eigenvalue weighted by Crippen LogP contribution is -2.02. The zero-order valence-electron chi connectivity index (χ0n) is 11.9. The first-order chi connectivity index (χ1) is 10.8. The Morgan fingerprint density at radius 2 is 1.95 bits per heavy atom. The lowest BCUT2D eigenvalue weighted by Gasteiger charge is -2.02. The van der Waals surface area contributed by atoms with Gasteiger partial charge in [-0.1, -0.05) is 24.3 Å². The standard InChI is InChI=1S/C18H14N2OS/c21-18-15-11-14(22-17(15)9-10-19-18)8-7-13-6-5-12-3-1-2-4-16(12)20-13/h1-6,9-11H,7-8H2,(H,19,21). The summed E-state index contributed by atoms with van der Waals surface area (Å²) in [6.07, 6.45) is 3.50. The quantitative estimate of drug-likeness (QED) is 0.623. The summed E-state index contributed by atoms with van der Waals surface area (Å²) < 4.78 is 1.05. The molecule has 0 spiro atoms. The van der Waals surface area contributed by atoms with E-state index in [1.54, 1.807) is 17.5 Å². The molecular formula is C18H14N2OS. The number of rotatable bonds is 3. The van der Waals surface area contributed by atoms with E-state index in [0.717, 1.165) is 34.1 Å². The van der Waals surface area contributed by atoms with Crippen molar-refractivity contribution in [1.29, 1.82) is 0 Å². The van der Waals surface area contributed by atoms with Crippen molar-refractivity contribution in [3.05, 3.63) is 75.7 Å². The van der Waals surface area contributed by atoms with Gasteiger partial charge in [0, 0.05) is 26.9 Å². The number of para-hydroxylation sites is 1. The molecular weight excluding hydrogens is 292 g/mol. The van der Waals surface area contributed by atoms with Crippen molar-refractivity contribution >= 4 is 32.3 Å². The molecule has 3 heterocycles. The van der Waals surface area contributed by atoms with Crippen LogP contribution in [-0.2, 0) is 12.8 Å². The number of nitrogens with zero attached hydrogens (tertiary/aromatic N) is 1. The normalized spacial score (nSPS) is 11.3. The monoisotopic (exact) mass is 306 g/mol. The molecule has 3 aromatic heterocycles. The number of benzene rings is 1. The maximum Gasteiger partial charge on any atom is 0.256 e. The van der Waals surface area contributed by atoms with Crippen LogP contribution in [0.5, 0.6) is 0 Å². The Balaban J connectivity index is 1.59. The molecule has 0 aliphatic rings. The van der Waals surface area contributed by atoms with E-state index in [9.17, 15) is 4.79 Å². The summed E-state index contributed by atoms with van der Waals surface area (Å²) >= 11 is 1.69. The third kappa shape index (κ3) is 2.42. The number of nitrogens with one attached hydrogen (secondary N) is 1. The minimum Gasteiger partial charge on any atom is -0.329 e. The lowest BCUT2D eigenvalue weighted by atomic mass is 10.1. The van der Waals surface area contributed by atoms with Crippen molar-refractivity contribution in [3.8, 4) is 0 Å². The minimum absolute atomic E-state index is 0.0103. The third-order valence-corrected chi connectivity index (χ3v) is 4.95. The Morgan fingerprint density at radius 3 is 2.86 bits per heavy atom. The summed E-state index contributed by atoms with van der Waals surface area (Å²) in [6.45, 7) is 0. The first-order valence-electron chi connectivity index (χ1n) is 7.24. The molecule has 108 valence electrons. The molecule has 0 amide bonds. The summed E-state index contributed by atoms with van der Waals surface area (Å²) in [6, 6.07) is 16.3. The number of aromatic amines is 1. The second kappa shape index (κ2) is 5.39. The molecule has 0 saturated heterocycles. The molecule has 0 radical (unpaired) electrons. The summed E-state index contributed by atoms with van der Waals surface area (Å²) in [5.41, 5.74) is 2.11. The van der Waals surface area contributed by atoms with Gasteiger partial charge in [-0.05, 0) is 37.1 Å². The number of H-pyrrole nitrogens is 1. The van der Waals surface area contributed by atoms with Gasteiger partial charge < -0.3 is 4.98 Å². The second-order valence-electron chi connectivity index (χ2n) is 5.29. The first-order valence-corrected chi connectivity index (χ1v) is 8.06. The first kappa shape index (κ1) is 13.2. The minimum atomic E-state index is -0.0103. The number of pyridine rings is 2. The van der Waals surface area contributed by atoms with E-state index < -0.39 is 0 Å². The van der Waals surface area contributed by atoms with Crippen LogP contribution in [0.25, 0.3) is 21.0 Å². The fraction of sp³-hybridized carbons (Fsp3) is 0.111. The van der Waals surface area contributed by atoms with Crippen molar-refractivity contribution in [2.75, 3.05) is 0 Å². The summed E-state index contributed by atoms with van der Waals surface area (Å²) in [4.78, 5) is 20.4. The number of hydrogen-bond acceptors (Lipinski definition) is 3. The summed E-state index contributed by atoms with van der Waals surface area (Å²) in [5.74, 6) is 0. The largest absolute Gasteiger partial charge is 0.329 e. The van der Waals surface area contributed by atoms with Gasteiger partial charge in [0.15, 0.2) is 0 Å². The van der Waals surface area contributed by atoms with Crippen LogP contribution in [0.4, 0.5) is 0 Å². The lowest BCUT2D eigenvalue weighted by molar-refractivity contribution is 0.939. The molecule has 0 aliphatic carbocycles. The summed E-state index contributed by atoms with van der Waals surface area (Å²) in [7, 11) is 0. The van der Waals surface area contributed by atoms with Crippen LogP contribution in [0.3, 0.4) is 0 Å². The number of hydrogen-bond donors (Lipinski definition) is 1. The second-order valence-corrected chi connectivity index (χ2v) is 6.46. The Hall–Kier alpha value is -2.46. The maximum atomic E-state index is 11.8. The predicted molar refractivity (Wildman–Crippen MR) is 91.6 cm³/mol. The van der Waals surface area contributed by atoms with E-state index in [1.807, 2.05) is 30.3 Å². The van der Waals surface area contributed by atoms with Crippen LogP contribution >= 0.6 is 11.3 Å². The molecule has 0 atom stereocenters. The molecule has 1 N–H and O–H groups in total. The molecule has 22 heavy (non-hydrogen) atoms. The van der Waals surface area contributed by atoms with Crippen molar-refractivity contribution in [3.63, 3.8) is 0 Å². The van der Waals surface area contributed by atoms with E-state index in [4.69, 9.17) is 4.98 Å². The molecule has 4 rings (SSSR count).